The fourth-order valence-corrected chi connectivity index (χ4v) is 2.01. The van der Waals surface area contributed by atoms with Crippen LogP contribution >= 0.6 is 31.9 Å². The molecule has 1 N–H and O–H groups in total. The number of carbonyl (C=O) groups is 1. The first kappa shape index (κ1) is 10.5. The van der Waals surface area contributed by atoms with Crippen LogP contribution in [0.1, 0.15) is 10.4 Å². The molecule has 0 atom stereocenters. The third-order valence-corrected chi connectivity index (χ3v) is 2.70. The number of rotatable bonds is 2. The Hall–Kier alpha value is -0.610. The number of hydrogen-bond donors (Lipinski definition) is 1. The van der Waals surface area contributed by atoms with Gasteiger partial charge in [-0.05, 0) is 50.1 Å². The van der Waals surface area contributed by atoms with E-state index >= 15 is 0 Å². The van der Waals surface area contributed by atoms with Crippen molar-refractivity contribution in [1.29, 1.82) is 0 Å². The zero-order valence-electron chi connectivity index (χ0n) is 6.55. The largest absolute Gasteiger partial charge is 0.506 e. The summed E-state index contributed by atoms with van der Waals surface area (Å²) in [5.41, 5.74) is 0.478. The molecular weight excluding hydrogens is 300 g/mol. The van der Waals surface area contributed by atoms with Gasteiger partial charge in [-0.3, -0.25) is 4.79 Å². The van der Waals surface area contributed by atoms with Crippen molar-refractivity contribution in [2.45, 2.75) is 0 Å². The summed E-state index contributed by atoms with van der Waals surface area (Å²) in [4.78, 5) is 11.2. The summed E-state index contributed by atoms with van der Waals surface area (Å²) in [6.07, 6.45) is 1.23. The molecule has 0 aliphatic heterocycles. The van der Waals surface area contributed by atoms with E-state index in [1.807, 2.05) is 0 Å². The van der Waals surface area contributed by atoms with Crippen LogP contribution < -0.4 is 0 Å². The maximum atomic E-state index is 11.2. The Balaban J connectivity index is 3.28. The van der Waals surface area contributed by atoms with Gasteiger partial charge in [-0.15, -0.1) is 0 Å². The van der Waals surface area contributed by atoms with Gasteiger partial charge in [0.1, 0.15) is 5.75 Å². The van der Waals surface area contributed by atoms with Crippen LogP contribution in [-0.4, -0.2) is 10.9 Å². The van der Waals surface area contributed by atoms with Gasteiger partial charge >= 0.3 is 0 Å². The zero-order chi connectivity index (χ0) is 10.0. The summed E-state index contributed by atoms with van der Waals surface area (Å²) in [6.45, 7) is 3.38. The van der Waals surface area contributed by atoms with E-state index in [1.165, 1.54) is 6.08 Å². The molecular formula is C9H6Br2O2. The lowest BCUT2D eigenvalue weighted by Crippen LogP contribution is -1.93. The van der Waals surface area contributed by atoms with E-state index in [0.29, 0.717) is 14.5 Å². The zero-order valence-corrected chi connectivity index (χ0v) is 9.72. The van der Waals surface area contributed by atoms with Crippen LogP contribution in [0.5, 0.6) is 5.75 Å². The van der Waals surface area contributed by atoms with Gasteiger partial charge in [-0.1, -0.05) is 6.58 Å². The fourth-order valence-electron chi connectivity index (χ4n) is 0.826. The molecule has 0 spiro atoms. The van der Waals surface area contributed by atoms with Crippen LogP contribution in [0.15, 0.2) is 33.7 Å². The maximum Gasteiger partial charge on any atom is 0.185 e. The number of benzene rings is 1. The second kappa shape index (κ2) is 4.07. The van der Waals surface area contributed by atoms with Crippen molar-refractivity contribution in [3.63, 3.8) is 0 Å². The molecule has 1 aromatic rings. The maximum absolute atomic E-state index is 11.2. The highest BCUT2D eigenvalue weighted by Crippen LogP contribution is 2.33. The van der Waals surface area contributed by atoms with E-state index in [-0.39, 0.29) is 11.5 Å². The van der Waals surface area contributed by atoms with Gasteiger partial charge in [-0.25, -0.2) is 0 Å². The van der Waals surface area contributed by atoms with Crippen LogP contribution in [0.3, 0.4) is 0 Å². The van der Waals surface area contributed by atoms with Gasteiger partial charge in [0, 0.05) is 5.56 Å². The van der Waals surface area contributed by atoms with Crippen LogP contribution in [0, 0.1) is 0 Å². The number of phenolic OH excluding ortho intramolecular Hbond substituents is 1. The molecule has 1 aromatic carbocycles. The van der Waals surface area contributed by atoms with E-state index in [2.05, 4.69) is 38.4 Å². The molecule has 0 amide bonds. The number of aromatic hydroxyl groups is 1. The highest BCUT2D eigenvalue weighted by atomic mass is 79.9. The summed E-state index contributed by atoms with van der Waals surface area (Å²) in [6, 6.07) is 3.09. The Morgan fingerprint density at radius 1 is 1.38 bits per heavy atom. The average molecular weight is 306 g/mol. The molecule has 0 fully saturated rings. The predicted octanol–water partition coefficient (Wildman–Crippen LogP) is 3.29. The van der Waals surface area contributed by atoms with E-state index in [1.54, 1.807) is 12.1 Å². The van der Waals surface area contributed by atoms with Gasteiger partial charge in [0.2, 0.25) is 0 Å². The third kappa shape index (κ3) is 2.19. The number of halogens is 2. The molecule has 0 saturated heterocycles. The van der Waals surface area contributed by atoms with Crippen molar-refractivity contribution in [1.82, 2.24) is 0 Å². The van der Waals surface area contributed by atoms with Gasteiger partial charge in [-0.2, -0.15) is 0 Å². The Morgan fingerprint density at radius 2 is 1.85 bits per heavy atom. The first-order valence-electron chi connectivity index (χ1n) is 3.41. The summed E-state index contributed by atoms with van der Waals surface area (Å²) < 4.78 is 0.958. The van der Waals surface area contributed by atoms with Gasteiger partial charge < -0.3 is 5.11 Å². The Labute approximate surface area is 92.5 Å². The molecule has 0 radical (unpaired) electrons. The summed E-state index contributed by atoms with van der Waals surface area (Å²) in [5, 5.41) is 9.35. The first-order chi connectivity index (χ1) is 6.06. The molecule has 0 aromatic heterocycles. The summed E-state index contributed by atoms with van der Waals surface area (Å²) in [5.74, 6) is -0.0954. The fraction of sp³-hybridized carbons (Fsp3) is 0. The average Bonchev–Trinajstić information content (AvgIpc) is 2.12. The van der Waals surface area contributed by atoms with Crippen LogP contribution in [0.2, 0.25) is 0 Å². The lowest BCUT2D eigenvalue weighted by atomic mass is 10.1. The smallest absolute Gasteiger partial charge is 0.185 e. The second-order valence-corrected chi connectivity index (χ2v) is 4.07. The van der Waals surface area contributed by atoms with Gasteiger partial charge in [0.15, 0.2) is 5.78 Å². The summed E-state index contributed by atoms with van der Waals surface area (Å²) in [7, 11) is 0. The number of hydrogen-bond acceptors (Lipinski definition) is 2. The Bertz CT molecular complexity index is 349. The van der Waals surface area contributed by atoms with Crippen molar-refractivity contribution in [3.05, 3.63) is 39.3 Å². The van der Waals surface area contributed by atoms with Crippen molar-refractivity contribution >= 4 is 37.6 Å². The topological polar surface area (TPSA) is 37.3 Å². The molecule has 1 rings (SSSR count). The van der Waals surface area contributed by atoms with Gasteiger partial charge in [0.25, 0.3) is 0 Å². The van der Waals surface area contributed by atoms with Crippen molar-refractivity contribution in [2.24, 2.45) is 0 Å². The molecule has 68 valence electrons. The SMILES string of the molecule is C=CC(=O)c1cc(Br)c(O)c(Br)c1. The monoisotopic (exact) mass is 304 g/mol. The molecule has 0 bridgehead atoms. The second-order valence-electron chi connectivity index (χ2n) is 2.36. The molecule has 13 heavy (non-hydrogen) atoms. The summed E-state index contributed by atoms with van der Waals surface area (Å²) >= 11 is 6.26. The number of phenols is 1. The third-order valence-electron chi connectivity index (χ3n) is 1.49. The molecule has 2 nitrogen and oxygen atoms in total. The Morgan fingerprint density at radius 3 is 2.23 bits per heavy atom. The minimum Gasteiger partial charge on any atom is -0.506 e. The lowest BCUT2D eigenvalue weighted by Gasteiger charge is -2.02. The molecule has 0 heterocycles. The Kier molecular flexibility index (Phi) is 3.27. The quantitative estimate of drug-likeness (QED) is 0.672. The molecule has 0 aliphatic carbocycles. The van der Waals surface area contributed by atoms with Crippen LogP contribution in [-0.2, 0) is 0 Å². The van der Waals surface area contributed by atoms with E-state index in [0.717, 1.165) is 0 Å². The van der Waals surface area contributed by atoms with Crippen molar-refractivity contribution in [3.8, 4) is 5.75 Å². The minimum atomic E-state index is -0.179. The van der Waals surface area contributed by atoms with Crippen molar-refractivity contribution < 1.29 is 9.90 Å². The molecule has 0 aliphatic rings. The van der Waals surface area contributed by atoms with Gasteiger partial charge in [0.05, 0.1) is 8.95 Å². The van der Waals surface area contributed by atoms with E-state index < -0.39 is 0 Å². The first-order valence-corrected chi connectivity index (χ1v) is 4.99. The van der Waals surface area contributed by atoms with Crippen LogP contribution in [0.4, 0.5) is 0 Å². The highest BCUT2D eigenvalue weighted by molar-refractivity contribution is 9.11. The normalized spacial score (nSPS) is 9.69. The molecule has 0 unspecified atom stereocenters. The minimum absolute atomic E-state index is 0.0839. The number of carbonyl (C=O) groups excluding carboxylic acids is 1. The number of ketones is 1. The molecule has 0 saturated carbocycles. The van der Waals surface area contributed by atoms with E-state index in [9.17, 15) is 9.90 Å². The molecule has 4 heteroatoms. The predicted molar refractivity (Wildman–Crippen MR) is 58.0 cm³/mol. The van der Waals surface area contributed by atoms with E-state index in [4.69, 9.17) is 0 Å². The standard InChI is InChI=1S/C9H6Br2O2/c1-2-8(12)5-3-6(10)9(13)7(11)4-5/h2-4,13H,1H2. The van der Waals surface area contributed by atoms with Crippen LogP contribution in [0.25, 0.3) is 0 Å². The lowest BCUT2D eigenvalue weighted by molar-refractivity contribution is 0.104. The number of allylic oxidation sites excluding steroid dienone is 1. The highest BCUT2D eigenvalue weighted by Gasteiger charge is 2.08. The van der Waals surface area contributed by atoms with Crippen molar-refractivity contribution in [2.75, 3.05) is 0 Å².